The first kappa shape index (κ1) is 15.2. The number of nitro groups is 1. The number of nitro benzene ring substituents is 1. The zero-order valence-corrected chi connectivity index (χ0v) is 12.3. The van der Waals surface area contributed by atoms with Crippen LogP contribution in [0.1, 0.15) is 23.3 Å². The van der Waals surface area contributed by atoms with E-state index < -0.39 is 4.92 Å². The van der Waals surface area contributed by atoms with Crippen molar-refractivity contribution in [2.75, 3.05) is 13.2 Å². The second-order valence-electron chi connectivity index (χ2n) is 5.73. The molecule has 1 aliphatic rings. The molecule has 23 heavy (non-hydrogen) atoms. The second kappa shape index (κ2) is 5.81. The highest BCUT2D eigenvalue weighted by atomic mass is 16.6. The third kappa shape index (κ3) is 3.07. The van der Waals surface area contributed by atoms with Gasteiger partial charge in [-0.15, -0.1) is 0 Å². The number of hydrogen-bond acceptors (Lipinski definition) is 5. The summed E-state index contributed by atoms with van der Waals surface area (Å²) in [6, 6.07) is 7.70. The van der Waals surface area contributed by atoms with Crippen LogP contribution in [0.3, 0.4) is 0 Å². The number of aliphatic hydroxyl groups is 1. The van der Waals surface area contributed by atoms with Gasteiger partial charge in [-0.25, -0.2) is 4.68 Å². The fourth-order valence-electron chi connectivity index (χ4n) is 2.32. The molecule has 0 unspecified atom stereocenters. The van der Waals surface area contributed by atoms with Crippen molar-refractivity contribution in [3.05, 3.63) is 52.3 Å². The zero-order chi connectivity index (χ0) is 16.4. The van der Waals surface area contributed by atoms with E-state index in [1.807, 2.05) is 0 Å². The number of carbonyl (C=O) groups excluding carboxylic acids is 1. The Hall–Kier alpha value is -2.74. The summed E-state index contributed by atoms with van der Waals surface area (Å²) in [6.45, 7) is 0.457. The van der Waals surface area contributed by atoms with Gasteiger partial charge in [0, 0.05) is 24.2 Å². The Morgan fingerprint density at radius 2 is 2.13 bits per heavy atom. The van der Waals surface area contributed by atoms with Gasteiger partial charge in [-0.1, -0.05) is 12.1 Å². The lowest BCUT2D eigenvalue weighted by Gasteiger charge is -2.11. The summed E-state index contributed by atoms with van der Waals surface area (Å²) < 4.78 is 1.31. The minimum atomic E-state index is -0.491. The summed E-state index contributed by atoms with van der Waals surface area (Å²) in [5.41, 5.74) is 0.207. The average molecular weight is 316 g/mol. The van der Waals surface area contributed by atoms with Crippen molar-refractivity contribution in [3.8, 4) is 5.69 Å². The molecule has 3 rings (SSSR count). The van der Waals surface area contributed by atoms with Crippen LogP contribution in [-0.4, -0.2) is 38.9 Å². The molecule has 0 saturated heterocycles. The van der Waals surface area contributed by atoms with Gasteiger partial charge < -0.3 is 10.4 Å². The zero-order valence-electron chi connectivity index (χ0n) is 12.3. The van der Waals surface area contributed by atoms with Gasteiger partial charge in [-0.3, -0.25) is 14.9 Å². The molecular weight excluding hydrogens is 300 g/mol. The van der Waals surface area contributed by atoms with Crippen molar-refractivity contribution in [1.82, 2.24) is 15.1 Å². The summed E-state index contributed by atoms with van der Waals surface area (Å²) in [5.74, 6) is -0.359. The first-order valence-corrected chi connectivity index (χ1v) is 7.23. The highest BCUT2D eigenvalue weighted by Crippen LogP contribution is 2.44. The maximum absolute atomic E-state index is 12.1. The van der Waals surface area contributed by atoms with Crippen LogP contribution in [0.4, 0.5) is 5.69 Å². The standard InChI is InChI=1S/C15H16N4O4/c20-10-15(6-7-15)9-16-14(21)11-5-8-18(17-11)12-3-1-2-4-13(12)19(22)23/h1-5,8,20H,6-7,9-10H2,(H,16,21). The molecule has 8 heteroatoms. The van der Waals surface area contributed by atoms with Gasteiger partial charge in [0.25, 0.3) is 11.6 Å². The first-order valence-electron chi connectivity index (χ1n) is 7.23. The van der Waals surface area contributed by atoms with E-state index in [9.17, 15) is 20.0 Å². The van der Waals surface area contributed by atoms with Crippen molar-refractivity contribution in [3.63, 3.8) is 0 Å². The first-order chi connectivity index (χ1) is 11.0. The number of carbonyl (C=O) groups is 1. The highest BCUT2D eigenvalue weighted by molar-refractivity contribution is 5.92. The molecule has 0 atom stereocenters. The smallest absolute Gasteiger partial charge is 0.294 e. The number of nitrogens with zero attached hydrogens (tertiary/aromatic N) is 3. The van der Waals surface area contributed by atoms with Crippen LogP contribution >= 0.6 is 0 Å². The second-order valence-corrected chi connectivity index (χ2v) is 5.73. The number of benzene rings is 1. The molecule has 1 aromatic heterocycles. The van der Waals surface area contributed by atoms with Crippen molar-refractivity contribution in [1.29, 1.82) is 0 Å². The molecule has 1 fully saturated rings. The van der Waals surface area contributed by atoms with E-state index in [0.717, 1.165) is 12.8 Å². The van der Waals surface area contributed by atoms with E-state index in [0.29, 0.717) is 12.2 Å². The van der Waals surface area contributed by atoms with E-state index in [-0.39, 0.29) is 29.3 Å². The third-order valence-electron chi connectivity index (χ3n) is 4.06. The van der Waals surface area contributed by atoms with Crippen molar-refractivity contribution in [2.45, 2.75) is 12.8 Å². The van der Waals surface area contributed by atoms with E-state index in [4.69, 9.17) is 0 Å². The van der Waals surface area contributed by atoms with Gasteiger partial charge in [-0.05, 0) is 25.0 Å². The molecule has 2 N–H and O–H groups in total. The van der Waals surface area contributed by atoms with Crippen LogP contribution in [-0.2, 0) is 0 Å². The topological polar surface area (TPSA) is 110 Å². The van der Waals surface area contributed by atoms with Crippen molar-refractivity contribution >= 4 is 11.6 Å². The fourth-order valence-corrected chi connectivity index (χ4v) is 2.32. The highest BCUT2D eigenvalue weighted by Gasteiger charge is 2.42. The molecule has 120 valence electrons. The molecule has 2 aromatic rings. The molecule has 0 aliphatic heterocycles. The lowest BCUT2D eigenvalue weighted by molar-refractivity contribution is -0.384. The van der Waals surface area contributed by atoms with Crippen molar-refractivity contribution in [2.24, 2.45) is 5.41 Å². The molecule has 8 nitrogen and oxygen atoms in total. The molecular formula is C15H16N4O4. The lowest BCUT2D eigenvalue weighted by atomic mass is 10.1. The molecule has 1 aliphatic carbocycles. The van der Waals surface area contributed by atoms with E-state index in [1.54, 1.807) is 18.2 Å². The maximum Gasteiger partial charge on any atom is 0.294 e. The van der Waals surface area contributed by atoms with Crippen LogP contribution in [0.15, 0.2) is 36.5 Å². The molecule has 1 saturated carbocycles. The van der Waals surface area contributed by atoms with E-state index in [2.05, 4.69) is 10.4 Å². The lowest BCUT2D eigenvalue weighted by Crippen LogP contribution is -2.32. The van der Waals surface area contributed by atoms with E-state index in [1.165, 1.54) is 23.0 Å². The number of nitrogens with one attached hydrogen (secondary N) is 1. The Morgan fingerprint density at radius 3 is 2.78 bits per heavy atom. The van der Waals surface area contributed by atoms with Crippen LogP contribution in [0, 0.1) is 15.5 Å². The summed E-state index contributed by atoms with van der Waals surface area (Å²) >= 11 is 0. The van der Waals surface area contributed by atoms with Gasteiger partial charge in [0.15, 0.2) is 5.69 Å². The summed E-state index contributed by atoms with van der Waals surface area (Å²) in [5, 5.41) is 27.1. The molecule has 0 spiro atoms. The van der Waals surface area contributed by atoms with Crippen LogP contribution < -0.4 is 5.32 Å². The Morgan fingerprint density at radius 1 is 1.39 bits per heavy atom. The van der Waals surface area contributed by atoms with Crippen LogP contribution in [0.2, 0.25) is 0 Å². The molecule has 1 amide bonds. The summed E-state index contributed by atoms with van der Waals surface area (Å²) in [7, 11) is 0. The molecule has 0 bridgehead atoms. The predicted molar refractivity (Wildman–Crippen MR) is 81.3 cm³/mol. The number of hydrogen-bond donors (Lipinski definition) is 2. The quantitative estimate of drug-likeness (QED) is 0.616. The van der Waals surface area contributed by atoms with Crippen molar-refractivity contribution < 1.29 is 14.8 Å². The Bertz CT molecular complexity index is 751. The Kier molecular flexibility index (Phi) is 3.83. The van der Waals surface area contributed by atoms with Gasteiger partial charge in [0.1, 0.15) is 5.69 Å². The normalized spacial score (nSPS) is 15.2. The fraction of sp³-hybridized carbons (Fsp3) is 0.333. The van der Waals surface area contributed by atoms with Gasteiger partial charge >= 0.3 is 0 Å². The summed E-state index contributed by atoms with van der Waals surface area (Å²) in [4.78, 5) is 22.7. The average Bonchev–Trinajstić information content (AvgIpc) is 3.18. The number of amides is 1. The number of aromatic nitrogens is 2. The molecule has 0 radical (unpaired) electrons. The number of aliphatic hydroxyl groups excluding tert-OH is 1. The third-order valence-corrected chi connectivity index (χ3v) is 4.06. The van der Waals surface area contributed by atoms with Gasteiger partial charge in [0.2, 0.25) is 0 Å². The monoisotopic (exact) mass is 316 g/mol. The molecule has 1 heterocycles. The van der Waals surface area contributed by atoms with Crippen LogP contribution in [0.5, 0.6) is 0 Å². The van der Waals surface area contributed by atoms with Gasteiger partial charge in [-0.2, -0.15) is 5.10 Å². The molecule has 1 aromatic carbocycles. The number of para-hydroxylation sites is 2. The predicted octanol–water partition coefficient (Wildman–Crippen LogP) is 1.28. The Labute approximate surface area is 131 Å². The van der Waals surface area contributed by atoms with E-state index >= 15 is 0 Å². The minimum absolute atomic E-state index is 0.0535. The minimum Gasteiger partial charge on any atom is -0.396 e. The largest absolute Gasteiger partial charge is 0.396 e. The maximum atomic E-state index is 12.1. The SMILES string of the molecule is O=C(NCC1(CO)CC1)c1ccn(-c2ccccc2[N+](=O)[O-])n1. The van der Waals surface area contributed by atoms with Gasteiger partial charge in [0.05, 0.1) is 11.5 Å². The van der Waals surface area contributed by atoms with Crippen LogP contribution in [0.25, 0.3) is 5.69 Å². The summed E-state index contributed by atoms with van der Waals surface area (Å²) in [6.07, 6.45) is 3.30. The number of rotatable bonds is 6. The Balaban J connectivity index is 1.75.